The van der Waals surface area contributed by atoms with Crippen molar-refractivity contribution < 1.29 is 4.74 Å². The molecule has 0 spiro atoms. The first-order valence-electron chi connectivity index (χ1n) is 5.19. The lowest BCUT2D eigenvalue weighted by atomic mass is 9.71. The number of ether oxygens (including phenoxy) is 1. The predicted octanol–water partition coefficient (Wildman–Crippen LogP) is 3.30. The molecule has 2 rings (SSSR count). The maximum atomic E-state index is 6.23. The zero-order chi connectivity index (χ0) is 9.91. The van der Waals surface area contributed by atoms with Crippen molar-refractivity contribution in [3.05, 3.63) is 11.6 Å². The molecule has 0 saturated carbocycles. The van der Waals surface area contributed by atoms with Gasteiger partial charge in [0.2, 0.25) is 0 Å². The molecule has 1 fully saturated rings. The van der Waals surface area contributed by atoms with Crippen LogP contribution in [0.2, 0.25) is 0 Å². The average Bonchev–Trinajstić information content (AvgIpc) is 2.39. The summed E-state index contributed by atoms with van der Waals surface area (Å²) in [5.74, 6) is 0. The van der Waals surface area contributed by atoms with Crippen molar-refractivity contribution in [2.75, 3.05) is 0 Å². The summed E-state index contributed by atoms with van der Waals surface area (Å²) >= 11 is 0. The summed E-state index contributed by atoms with van der Waals surface area (Å²) in [6.07, 6.45) is 4.73. The second-order valence-corrected chi connectivity index (χ2v) is 5.80. The van der Waals surface area contributed by atoms with Gasteiger partial charge >= 0.3 is 0 Å². The van der Waals surface area contributed by atoms with Crippen molar-refractivity contribution in [3.63, 3.8) is 0 Å². The van der Waals surface area contributed by atoms with Crippen LogP contribution >= 0.6 is 0 Å². The highest BCUT2D eigenvalue weighted by Gasteiger charge is 2.57. The molecule has 0 aromatic heterocycles. The van der Waals surface area contributed by atoms with E-state index in [4.69, 9.17) is 4.74 Å². The van der Waals surface area contributed by atoms with E-state index in [0.29, 0.717) is 0 Å². The Morgan fingerprint density at radius 3 is 2.15 bits per heavy atom. The van der Waals surface area contributed by atoms with Gasteiger partial charge in [-0.25, -0.2) is 0 Å². The highest BCUT2D eigenvalue weighted by Crippen LogP contribution is 2.56. The van der Waals surface area contributed by atoms with Crippen LogP contribution < -0.4 is 0 Å². The van der Waals surface area contributed by atoms with Crippen LogP contribution in [0, 0.1) is 5.41 Å². The molecule has 0 aliphatic carbocycles. The second kappa shape index (κ2) is 2.20. The second-order valence-electron chi connectivity index (χ2n) is 5.80. The molecule has 1 heteroatoms. The van der Waals surface area contributed by atoms with Gasteiger partial charge in [0.05, 0.1) is 11.2 Å². The molecule has 13 heavy (non-hydrogen) atoms. The van der Waals surface area contributed by atoms with Crippen molar-refractivity contribution in [2.24, 2.45) is 5.41 Å². The molecule has 0 aromatic rings. The predicted molar refractivity (Wildman–Crippen MR) is 54.7 cm³/mol. The minimum absolute atomic E-state index is 0.0197. The summed E-state index contributed by atoms with van der Waals surface area (Å²) in [7, 11) is 0. The number of fused-ring (bicyclic) bond motifs is 2. The van der Waals surface area contributed by atoms with Gasteiger partial charge in [-0.15, -0.1) is 0 Å². The largest absolute Gasteiger partial charge is 0.360 e. The van der Waals surface area contributed by atoms with E-state index < -0.39 is 0 Å². The van der Waals surface area contributed by atoms with E-state index >= 15 is 0 Å². The molecule has 2 heterocycles. The van der Waals surface area contributed by atoms with E-state index in [9.17, 15) is 0 Å². The Bertz CT molecular complexity index is 271. The first-order chi connectivity index (χ1) is 5.79. The fourth-order valence-electron chi connectivity index (χ4n) is 2.55. The van der Waals surface area contributed by atoms with Gasteiger partial charge in [-0.2, -0.15) is 0 Å². The average molecular weight is 180 g/mol. The lowest BCUT2D eigenvalue weighted by molar-refractivity contribution is -0.0829. The Morgan fingerprint density at radius 1 is 1.31 bits per heavy atom. The van der Waals surface area contributed by atoms with Crippen LogP contribution in [0.1, 0.15) is 47.5 Å². The summed E-state index contributed by atoms with van der Waals surface area (Å²) < 4.78 is 6.23. The summed E-state index contributed by atoms with van der Waals surface area (Å²) in [6, 6.07) is 0. The van der Waals surface area contributed by atoms with Crippen LogP contribution in [0.4, 0.5) is 0 Å². The Labute approximate surface area is 81.2 Å². The van der Waals surface area contributed by atoms with Crippen LogP contribution in [-0.4, -0.2) is 11.2 Å². The molecular formula is C12H20O. The number of hydrogen-bond acceptors (Lipinski definition) is 1. The highest BCUT2D eigenvalue weighted by molar-refractivity contribution is 5.32. The minimum Gasteiger partial charge on any atom is -0.360 e. The van der Waals surface area contributed by atoms with Crippen molar-refractivity contribution in [1.29, 1.82) is 0 Å². The monoisotopic (exact) mass is 180 g/mol. The van der Waals surface area contributed by atoms with Crippen molar-refractivity contribution >= 4 is 0 Å². The van der Waals surface area contributed by atoms with Gasteiger partial charge in [0.1, 0.15) is 0 Å². The van der Waals surface area contributed by atoms with Crippen molar-refractivity contribution in [2.45, 2.75) is 58.7 Å². The van der Waals surface area contributed by atoms with Gasteiger partial charge in [-0.05, 0) is 37.7 Å². The number of rotatable bonds is 0. The molecule has 2 atom stereocenters. The normalized spacial score (nSPS) is 43.9. The molecule has 0 aromatic carbocycles. The third-order valence-electron chi connectivity index (χ3n) is 3.93. The molecule has 2 unspecified atom stereocenters. The maximum absolute atomic E-state index is 6.23. The molecule has 0 radical (unpaired) electrons. The molecule has 74 valence electrons. The highest BCUT2D eigenvalue weighted by atomic mass is 16.5. The molecule has 2 bridgehead atoms. The van der Waals surface area contributed by atoms with Crippen LogP contribution in [0.3, 0.4) is 0 Å². The van der Waals surface area contributed by atoms with Gasteiger partial charge in [-0.1, -0.05) is 26.8 Å². The molecule has 1 saturated heterocycles. The zero-order valence-corrected chi connectivity index (χ0v) is 9.40. The quantitative estimate of drug-likeness (QED) is 0.520. The summed E-state index contributed by atoms with van der Waals surface area (Å²) in [4.78, 5) is 0. The van der Waals surface area contributed by atoms with Gasteiger partial charge in [0, 0.05) is 0 Å². The Kier molecular flexibility index (Phi) is 1.56. The lowest BCUT2D eigenvalue weighted by Crippen LogP contribution is -2.39. The van der Waals surface area contributed by atoms with E-state index in [0.717, 1.165) is 0 Å². The molecule has 0 N–H and O–H groups in total. The minimum atomic E-state index is 0.0197. The molecular weight excluding hydrogens is 160 g/mol. The maximum Gasteiger partial charge on any atom is 0.0927 e. The topological polar surface area (TPSA) is 9.23 Å². The fourth-order valence-corrected chi connectivity index (χ4v) is 2.55. The smallest absolute Gasteiger partial charge is 0.0927 e. The van der Waals surface area contributed by atoms with Crippen molar-refractivity contribution in [3.8, 4) is 0 Å². The van der Waals surface area contributed by atoms with Gasteiger partial charge in [0.25, 0.3) is 0 Å². The summed E-state index contributed by atoms with van der Waals surface area (Å²) in [5.41, 5.74) is 1.72. The lowest BCUT2D eigenvalue weighted by Gasteiger charge is -2.37. The molecule has 2 aliphatic heterocycles. The third kappa shape index (κ3) is 1.03. The molecule has 1 nitrogen and oxygen atoms in total. The first kappa shape index (κ1) is 9.26. The van der Waals surface area contributed by atoms with Gasteiger partial charge in [-0.3, -0.25) is 0 Å². The standard InChI is InChI=1S/C12H20O/c1-9-8-12(10(2,3)4)7-6-11(9,5)13-12/h8H,6-7H2,1-5H3. The molecule has 2 aliphatic rings. The van der Waals surface area contributed by atoms with Crippen LogP contribution in [0.15, 0.2) is 11.6 Å². The number of hydrogen-bond donors (Lipinski definition) is 0. The van der Waals surface area contributed by atoms with E-state index in [1.54, 1.807) is 0 Å². The Balaban J connectivity index is 2.42. The summed E-state index contributed by atoms with van der Waals surface area (Å²) in [6.45, 7) is 11.2. The van der Waals surface area contributed by atoms with Crippen LogP contribution in [0.5, 0.6) is 0 Å². The SMILES string of the molecule is CC1=CC2(C(C)(C)C)CCC1(C)O2. The Morgan fingerprint density at radius 2 is 1.92 bits per heavy atom. The van der Waals surface area contributed by atoms with Crippen molar-refractivity contribution in [1.82, 2.24) is 0 Å². The molecule has 0 amide bonds. The summed E-state index contributed by atoms with van der Waals surface area (Å²) in [5, 5.41) is 0. The van der Waals surface area contributed by atoms with E-state index in [1.807, 2.05) is 0 Å². The third-order valence-corrected chi connectivity index (χ3v) is 3.93. The van der Waals surface area contributed by atoms with E-state index in [2.05, 4.69) is 40.7 Å². The van der Waals surface area contributed by atoms with Crippen LogP contribution in [-0.2, 0) is 4.74 Å². The Hall–Kier alpha value is -0.300. The van der Waals surface area contributed by atoms with Gasteiger partial charge < -0.3 is 4.74 Å². The fraction of sp³-hybridized carbons (Fsp3) is 0.833. The van der Waals surface area contributed by atoms with Crippen LogP contribution in [0.25, 0.3) is 0 Å². The zero-order valence-electron chi connectivity index (χ0n) is 9.40. The first-order valence-corrected chi connectivity index (χ1v) is 5.19. The van der Waals surface area contributed by atoms with E-state index in [1.165, 1.54) is 18.4 Å². The van der Waals surface area contributed by atoms with Gasteiger partial charge in [0.15, 0.2) is 0 Å². The van der Waals surface area contributed by atoms with E-state index in [-0.39, 0.29) is 16.6 Å².